The van der Waals surface area contributed by atoms with Crippen molar-refractivity contribution in [1.29, 1.82) is 5.26 Å². The molecule has 0 aliphatic rings. The Hall–Kier alpha value is -4.70. The number of anilines is 1. The van der Waals surface area contributed by atoms with Crippen LogP contribution in [0.15, 0.2) is 72.8 Å². The topological polar surface area (TPSA) is 97.0 Å². The SMILES string of the molecule is Cc1c(C#N)c(NC(=O)COC(=O)C=Cc2ccc3ccccc3n2)n(-c2ccccc2)c1C. The molecule has 2 aromatic heterocycles. The lowest BCUT2D eigenvalue weighted by Crippen LogP contribution is -2.22. The van der Waals surface area contributed by atoms with Crippen molar-refractivity contribution in [2.24, 2.45) is 0 Å². The minimum absolute atomic E-state index is 0.348. The Kier molecular flexibility index (Phi) is 6.51. The number of carbonyl (C=O) groups is 2. The van der Waals surface area contributed by atoms with Gasteiger partial charge in [-0.1, -0.05) is 42.5 Å². The molecule has 168 valence electrons. The molecule has 7 nitrogen and oxygen atoms in total. The van der Waals surface area contributed by atoms with Crippen LogP contribution in [0.2, 0.25) is 0 Å². The number of carbonyl (C=O) groups excluding carboxylic acids is 2. The highest BCUT2D eigenvalue weighted by atomic mass is 16.5. The van der Waals surface area contributed by atoms with E-state index < -0.39 is 18.5 Å². The van der Waals surface area contributed by atoms with Crippen LogP contribution in [0.5, 0.6) is 0 Å². The van der Waals surface area contributed by atoms with E-state index in [0.717, 1.165) is 27.8 Å². The number of pyridine rings is 1. The standard InChI is InChI=1S/C27H22N4O3/c1-18-19(2)31(22-9-4-3-5-10-22)27(23(18)16-28)30-25(32)17-34-26(33)15-14-21-13-12-20-8-6-7-11-24(20)29-21/h3-15H,17H2,1-2H3,(H,30,32). The van der Waals surface area contributed by atoms with Crippen molar-refractivity contribution < 1.29 is 14.3 Å². The third-order valence-electron chi connectivity index (χ3n) is 5.45. The van der Waals surface area contributed by atoms with Gasteiger partial charge in [-0.15, -0.1) is 0 Å². The summed E-state index contributed by atoms with van der Waals surface area (Å²) in [7, 11) is 0. The fourth-order valence-corrected chi connectivity index (χ4v) is 3.64. The molecule has 0 unspecified atom stereocenters. The average molecular weight is 450 g/mol. The molecular weight excluding hydrogens is 428 g/mol. The molecule has 0 saturated heterocycles. The lowest BCUT2D eigenvalue weighted by Gasteiger charge is -2.13. The maximum Gasteiger partial charge on any atom is 0.331 e. The van der Waals surface area contributed by atoms with E-state index in [-0.39, 0.29) is 0 Å². The van der Waals surface area contributed by atoms with E-state index in [2.05, 4.69) is 16.4 Å². The molecule has 0 spiro atoms. The molecule has 0 radical (unpaired) electrons. The first-order chi connectivity index (χ1) is 16.5. The van der Waals surface area contributed by atoms with Crippen LogP contribution >= 0.6 is 0 Å². The zero-order valence-corrected chi connectivity index (χ0v) is 18.8. The molecule has 2 heterocycles. The maximum absolute atomic E-state index is 12.6. The van der Waals surface area contributed by atoms with Gasteiger partial charge in [-0.05, 0) is 49.8 Å². The number of aromatic nitrogens is 2. The molecule has 34 heavy (non-hydrogen) atoms. The van der Waals surface area contributed by atoms with Crippen molar-refractivity contribution in [1.82, 2.24) is 9.55 Å². The first-order valence-corrected chi connectivity index (χ1v) is 10.7. The second kappa shape index (κ2) is 9.84. The number of nitriles is 1. The number of esters is 1. The number of rotatable bonds is 6. The predicted octanol–water partition coefficient (Wildman–Crippen LogP) is 4.71. The van der Waals surface area contributed by atoms with Crippen molar-refractivity contribution in [3.8, 4) is 11.8 Å². The van der Waals surface area contributed by atoms with Gasteiger partial charge in [0.25, 0.3) is 5.91 Å². The van der Waals surface area contributed by atoms with Crippen LogP contribution in [0.4, 0.5) is 5.82 Å². The van der Waals surface area contributed by atoms with E-state index in [1.165, 1.54) is 12.2 Å². The van der Waals surface area contributed by atoms with Crippen LogP contribution in [-0.4, -0.2) is 28.0 Å². The van der Waals surface area contributed by atoms with Crippen LogP contribution in [0, 0.1) is 25.2 Å². The van der Waals surface area contributed by atoms with E-state index >= 15 is 0 Å². The van der Waals surface area contributed by atoms with E-state index in [0.29, 0.717) is 17.1 Å². The number of ether oxygens (including phenoxy) is 1. The fraction of sp³-hybridized carbons (Fsp3) is 0.111. The van der Waals surface area contributed by atoms with Crippen LogP contribution in [-0.2, 0) is 14.3 Å². The van der Waals surface area contributed by atoms with Crippen molar-refractivity contribution in [3.63, 3.8) is 0 Å². The third-order valence-corrected chi connectivity index (χ3v) is 5.45. The van der Waals surface area contributed by atoms with Crippen LogP contribution in [0.1, 0.15) is 22.5 Å². The van der Waals surface area contributed by atoms with Gasteiger partial charge in [0, 0.05) is 22.8 Å². The number of para-hydroxylation sites is 2. The monoisotopic (exact) mass is 450 g/mol. The fourth-order valence-electron chi connectivity index (χ4n) is 3.64. The summed E-state index contributed by atoms with van der Waals surface area (Å²) in [5.41, 5.74) is 4.19. The summed E-state index contributed by atoms with van der Waals surface area (Å²) in [6.07, 6.45) is 2.76. The molecule has 4 rings (SSSR count). The lowest BCUT2D eigenvalue weighted by atomic mass is 10.2. The number of fused-ring (bicyclic) bond motifs is 1. The number of nitrogens with zero attached hydrogens (tertiary/aromatic N) is 3. The van der Waals surface area contributed by atoms with Gasteiger partial charge in [-0.2, -0.15) is 5.26 Å². The third kappa shape index (κ3) is 4.71. The summed E-state index contributed by atoms with van der Waals surface area (Å²) in [5, 5.41) is 13.4. The van der Waals surface area contributed by atoms with Gasteiger partial charge in [0.05, 0.1) is 16.8 Å². The first kappa shape index (κ1) is 22.5. The second-order valence-electron chi connectivity index (χ2n) is 7.63. The Balaban J connectivity index is 1.44. The van der Waals surface area contributed by atoms with E-state index in [4.69, 9.17) is 4.74 Å². The van der Waals surface area contributed by atoms with Gasteiger partial charge in [-0.3, -0.25) is 9.36 Å². The van der Waals surface area contributed by atoms with Crippen LogP contribution < -0.4 is 5.32 Å². The van der Waals surface area contributed by atoms with Gasteiger partial charge >= 0.3 is 5.97 Å². The molecule has 7 heteroatoms. The minimum atomic E-state index is -0.670. The van der Waals surface area contributed by atoms with Gasteiger partial charge in [0.15, 0.2) is 6.61 Å². The Bertz CT molecular complexity index is 1450. The summed E-state index contributed by atoms with van der Waals surface area (Å²) >= 11 is 0. The molecule has 0 aliphatic carbocycles. The van der Waals surface area contributed by atoms with Gasteiger partial charge < -0.3 is 10.1 Å². The number of hydrogen-bond donors (Lipinski definition) is 1. The molecule has 1 N–H and O–H groups in total. The van der Waals surface area contributed by atoms with E-state index in [9.17, 15) is 14.9 Å². The molecule has 0 aliphatic heterocycles. The van der Waals surface area contributed by atoms with Crippen molar-refractivity contribution in [3.05, 3.63) is 95.3 Å². The molecule has 4 aromatic rings. The Morgan fingerprint density at radius 3 is 2.56 bits per heavy atom. The smallest absolute Gasteiger partial charge is 0.331 e. The van der Waals surface area contributed by atoms with Gasteiger partial charge in [0.2, 0.25) is 0 Å². The molecular formula is C27H22N4O3. The van der Waals surface area contributed by atoms with Crippen molar-refractivity contribution >= 4 is 34.7 Å². The number of hydrogen-bond acceptors (Lipinski definition) is 5. The largest absolute Gasteiger partial charge is 0.452 e. The molecule has 0 atom stereocenters. The highest BCUT2D eigenvalue weighted by Gasteiger charge is 2.21. The van der Waals surface area contributed by atoms with Crippen molar-refractivity contribution in [2.45, 2.75) is 13.8 Å². The molecule has 1 amide bonds. The summed E-state index contributed by atoms with van der Waals surface area (Å²) in [5.74, 6) is -0.867. The Morgan fingerprint density at radius 1 is 1.06 bits per heavy atom. The van der Waals surface area contributed by atoms with Gasteiger partial charge in [-0.25, -0.2) is 9.78 Å². The molecule has 0 fully saturated rings. The first-order valence-electron chi connectivity index (χ1n) is 10.7. The summed E-state index contributed by atoms with van der Waals surface area (Å²) in [4.78, 5) is 29.2. The lowest BCUT2D eigenvalue weighted by molar-refractivity contribution is -0.142. The van der Waals surface area contributed by atoms with E-state index in [1.807, 2.05) is 74.5 Å². The summed E-state index contributed by atoms with van der Waals surface area (Å²) in [6, 6.07) is 22.9. The quantitative estimate of drug-likeness (QED) is 0.339. The van der Waals surface area contributed by atoms with Crippen molar-refractivity contribution in [2.75, 3.05) is 11.9 Å². The highest BCUT2D eigenvalue weighted by Crippen LogP contribution is 2.29. The summed E-state index contributed by atoms with van der Waals surface area (Å²) < 4.78 is 6.89. The zero-order chi connectivity index (χ0) is 24.1. The average Bonchev–Trinajstić information content (AvgIpc) is 3.10. The Morgan fingerprint density at radius 2 is 1.79 bits per heavy atom. The van der Waals surface area contributed by atoms with Gasteiger partial charge in [0.1, 0.15) is 11.9 Å². The number of nitrogens with one attached hydrogen (secondary N) is 1. The molecule has 0 saturated carbocycles. The molecule has 0 bridgehead atoms. The van der Waals surface area contributed by atoms with Crippen LogP contribution in [0.25, 0.3) is 22.7 Å². The zero-order valence-electron chi connectivity index (χ0n) is 18.8. The highest BCUT2D eigenvalue weighted by molar-refractivity contribution is 5.95. The Labute approximate surface area is 196 Å². The van der Waals surface area contributed by atoms with Crippen LogP contribution in [0.3, 0.4) is 0 Å². The summed E-state index contributed by atoms with van der Waals surface area (Å²) in [6.45, 7) is 3.22. The van der Waals surface area contributed by atoms with E-state index in [1.54, 1.807) is 10.6 Å². The minimum Gasteiger partial charge on any atom is -0.452 e. The number of amides is 1. The number of benzene rings is 2. The normalized spacial score (nSPS) is 10.9. The predicted molar refractivity (Wildman–Crippen MR) is 130 cm³/mol. The maximum atomic E-state index is 12.6. The molecule has 2 aromatic carbocycles. The second-order valence-corrected chi connectivity index (χ2v) is 7.63.